The summed E-state index contributed by atoms with van der Waals surface area (Å²) < 4.78 is 5.40. The highest BCUT2D eigenvalue weighted by molar-refractivity contribution is 7.11. The number of thiazole rings is 1. The summed E-state index contributed by atoms with van der Waals surface area (Å²) in [5, 5.41) is 4.99. The summed E-state index contributed by atoms with van der Waals surface area (Å²) in [6, 6.07) is 8.11. The molecule has 0 saturated carbocycles. The summed E-state index contributed by atoms with van der Waals surface area (Å²) >= 11 is 1.26. The Morgan fingerprint density at radius 3 is 2.70 bits per heavy atom. The van der Waals surface area contributed by atoms with Crippen molar-refractivity contribution >= 4 is 29.1 Å². The Hall–Kier alpha value is -2.74. The number of hydrogen-bond acceptors (Lipinski definition) is 6. The standard InChI is InChI=1S/C22H27N3O4S/c1-15(2)13-17(19(26)21-23-10-12-30-21)24-20(27)18-9-6-11-25(18)22(28)29-14-16-7-4-3-5-8-16/h3-5,7-8,10,12,15,17-18H,6,9,11,13-14H2,1-2H3,(H,24,27)/t17-,18-/m0/s1. The van der Waals surface area contributed by atoms with Crippen molar-refractivity contribution in [2.24, 2.45) is 5.92 Å². The molecule has 2 aromatic rings. The third-order valence-electron chi connectivity index (χ3n) is 4.98. The Morgan fingerprint density at radius 2 is 2.03 bits per heavy atom. The summed E-state index contributed by atoms with van der Waals surface area (Å²) in [6.07, 6.45) is 2.84. The van der Waals surface area contributed by atoms with Gasteiger partial charge in [-0.15, -0.1) is 11.3 Å². The second-order valence-corrected chi connectivity index (χ2v) is 8.68. The molecule has 1 saturated heterocycles. The van der Waals surface area contributed by atoms with Crippen LogP contribution in [0.1, 0.15) is 48.5 Å². The first-order valence-electron chi connectivity index (χ1n) is 10.2. The maximum absolute atomic E-state index is 13.0. The smallest absolute Gasteiger partial charge is 0.410 e. The number of benzene rings is 1. The van der Waals surface area contributed by atoms with Gasteiger partial charge in [0.05, 0.1) is 6.04 Å². The maximum Gasteiger partial charge on any atom is 0.410 e. The Bertz CT molecular complexity index is 855. The summed E-state index contributed by atoms with van der Waals surface area (Å²) in [5.41, 5.74) is 0.886. The van der Waals surface area contributed by atoms with E-state index >= 15 is 0 Å². The van der Waals surface area contributed by atoms with E-state index in [4.69, 9.17) is 4.74 Å². The predicted octanol–water partition coefficient (Wildman–Crippen LogP) is 3.66. The molecule has 1 aromatic heterocycles. The number of Topliss-reactive ketones (excluding diaryl/α,β-unsaturated/α-hetero) is 1. The molecule has 1 aliphatic heterocycles. The van der Waals surface area contributed by atoms with E-state index in [2.05, 4.69) is 10.3 Å². The number of hydrogen-bond donors (Lipinski definition) is 1. The van der Waals surface area contributed by atoms with Gasteiger partial charge in [0, 0.05) is 18.1 Å². The quantitative estimate of drug-likeness (QED) is 0.647. The van der Waals surface area contributed by atoms with E-state index in [0.717, 1.165) is 5.56 Å². The van der Waals surface area contributed by atoms with Crippen LogP contribution in [0.2, 0.25) is 0 Å². The first-order chi connectivity index (χ1) is 14.5. The molecule has 2 amide bonds. The number of rotatable bonds is 8. The number of carbonyl (C=O) groups is 3. The van der Waals surface area contributed by atoms with Gasteiger partial charge in [-0.2, -0.15) is 0 Å². The molecule has 7 nitrogen and oxygen atoms in total. The normalized spacial score (nSPS) is 17.0. The van der Waals surface area contributed by atoms with Gasteiger partial charge in [0.1, 0.15) is 12.6 Å². The van der Waals surface area contributed by atoms with Crippen LogP contribution in [0, 0.1) is 5.92 Å². The Balaban J connectivity index is 1.62. The van der Waals surface area contributed by atoms with Crippen LogP contribution in [0.4, 0.5) is 4.79 Å². The average Bonchev–Trinajstić information content (AvgIpc) is 3.43. The first-order valence-corrected chi connectivity index (χ1v) is 11.0. The molecule has 2 atom stereocenters. The van der Waals surface area contributed by atoms with E-state index in [0.29, 0.717) is 30.8 Å². The zero-order valence-corrected chi connectivity index (χ0v) is 18.1. The highest BCUT2D eigenvalue weighted by atomic mass is 32.1. The number of amides is 2. The lowest BCUT2D eigenvalue weighted by molar-refractivity contribution is -0.125. The number of carbonyl (C=O) groups excluding carboxylic acids is 3. The molecule has 0 bridgehead atoms. The minimum atomic E-state index is -0.661. The SMILES string of the molecule is CC(C)C[C@H](NC(=O)[C@@H]1CCCN1C(=O)OCc1ccccc1)C(=O)c1nccs1. The van der Waals surface area contributed by atoms with E-state index in [1.165, 1.54) is 16.2 Å². The van der Waals surface area contributed by atoms with E-state index in [1.807, 2.05) is 44.2 Å². The lowest BCUT2D eigenvalue weighted by Crippen LogP contribution is -2.51. The summed E-state index contributed by atoms with van der Waals surface area (Å²) in [5.74, 6) is -0.294. The fourth-order valence-corrected chi connectivity index (χ4v) is 4.16. The van der Waals surface area contributed by atoms with Crippen molar-refractivity contribution in [3.05, 3.63) is 52.5 Å². The van der Waals surface area contributed by atoms with Gasteiger partial charge in [0.25, 0.3) is 0 Å². The van der Waals surface area contributed by atoms with Crippen LogP contribution in [-0.2, 0) is 16.1 Å². The molecule has 1 aliphatic rings. The van der Waals surface area contributed by atoms with Crippen LogP contribution < -0.4 is 5.32 Å². The molecule has 1 aromatic carbocycles. The van der Waals surface area contributed by atoms with E-state index < -0.39 is 18.2 Å². The van der Waals surface area contributed by atoms with Gasteiger partial charge in [-0.25, -0.2) is 9.78 Å². The molecule has 8 heteroatoms. The summed E-state index contributed by atoms with van der Waals surface area (Å²) in [6.45, 7) is 4.61. The molecule has 0 spiro atoms. The molecule has 3 rings (SSSR count). The van der Waals surface area contributed by atoms with E-state index in [1.54, 1.807) is 11.6 Å². The number of likely N-dealkylation sites (tertiary alicyclic amines) is 1. The molecular weight excluding hydrogens is 402 g/mol. The van der Waals surface area contributed by atoms with Crippen LogP contribution in [0.15, 0.2) is 41.9 Å². The van der Waals surface area contributed by atoms with Crippen LogP contribution in [-0.4, -0.2) is 46.3 Å². The molecule has 0 unspecified atom stereocenters. The van der Waals surface area contributed by atoms with Crippen molar-refractivity contribution in [1.82, 2.24) is 15.2 Å². The number of ether oxygens (including phenoxy) is 1. The van der Waals surface area contributed by atoms with Gasteiger partial charge >= 0.3 is 6.09 Å². The highest BCUT2D eigenvalue weighted by Gasteiger charge is 2.37. The van der Waals surface area contributed by atoms with Crippen LogP contribution in [0.3, 0.4) is 0 Å². The zero-order valence-electron chi connectivity index (χ0n) is 17.2. The number of ketones is 1. The third-order valence-corrected chi connectivity index (χ3v) is 5.77. The molecule has 0 aliphatic carbocycles. The van der Waals surface area contributed by atoms with Crippen LogP contribution in [0.25, 0.3) is 0 Å². The second kappa shape index (κ2) is 10.3. The van der Waals surface area contributed by atoms with Gasteiger partial charge in [-0.1, -0.05) is 44.2 Å². The lowest BCUT2D eigenvalue weighted by Gasteiger charge is -2.26. The van der Waals surface area contributed by atoms with Crippen molar-refractivity contribution in [2.45, 2.75) is 51.8 Å². The molecule has 30 heavy (non-hydrogen) atoms. The largest absolute Gasteiger partial charge is 0.445 e. The molecule has 160 valence electrons. The molecule has 1 fully saturated rings. The fraction of sp³-hybridized carbons (Fsp3) is 0.455. The van der Waals surface area contributed by atoms with Crippen molar-refractivity contribution < 1.29 is 19.1 Å². The average molecular weight is 430 g/mol. The van der Waals surface area contributed by atoms with Gasteiger partial charge in [0.2, 0.25) is 11.7 Å². The molecule has 0 radical (unpaired) electrons. The number of nitrogens with one attached hydrogen (secondary N) is 1. The molecule has 1 N–H and O–H groups in total. The predicted molar refractivity (Wildman–Crippen MR) is 114 cm³/mol. The van der Waals surface area contributed by atoms with Crippen molar-refractivity contribution in [3.63, 3.8) is 0 Å². The Kier molecular flexibility index (Phi) is 7.57. The van der Waals surface area contributed by atoms with Gasteiger partial charge in [0.15, 0.2) is 5.01 Å². The lowest BCUT2D eigenvalue weighted by atomic mass is 10.00. The van der Waals surface area contributed by atoms with Crippen molar-refractivity contribution in [1.29, 1.82) is 0 Å². The van der Waals surface area contributed by atoms with Crippen LogP contribution in [0.5, 0.6) is 0 Å². The third kappa shape index (κ3) is 5.66. The van der Waals surface area contributed by atoms with E-state index in [9.17, 15) is 14.4 Å². The van der Waals surface area contributed by atoms with E-state index in [-0.39, 0.29) is 24.2 Å². The van der Waals surface area contributed by atoms with Crippen LogP contribution >= 0.6 is 11.3 Å². The zero-order chi connectivity index (χ0) is 21.5. The summed E-state index contributed by atoms with van der Waals surface area (Å²) in [4.78, 5) is 43.9. The monoisotopic (exact) mass is 429 g/mol. The number of nitrogens with zero attached hydrogens (tertiary/aromatic N) is 2. The Morgan fingerprint density at radius 1 is 1.27 bits per heavy atom. The fourth-order valence-electron chi connectivity index (χ4n) is 3.53. The van der Waals surface area contributed by atoms with Crippen molar-refractivity contribution in [3.8, 4) is 0 Å². The minimum absolute atomic E-state index is 0.156. The van der Waals surface area contributed by atoms with Gasteiger partial charge < -0.3 is 10.1 Å². The molecule has 2 heterocycles. The van der Waals surface area contributed by atoms with Gasteiger partial charge in [-0.05, 0) is 30.7 Å². The molecular formula is C22H27N3O4S. The highest BCUT2D eigenvalue weighted by Crippen LogP contribution is 2.21. The Labute approximate surface area is 180 Å². The maximum atomic E-state index is 13.0. The summed E-state index contributed by atoms with van der Waals surface area (Å²) in [7, 11) is 0. The minimum Gasteiger partial charge on any atom is -0.445 e. The second-order valence-electron chi connectivity index (χ2n) is 7.78. The topological polar surface area (TPSA) is 88.6 Å². The first kappa shape index (κ1) is 22.0. The van der Waals surface area contributed by atoms with Crippen molar-refractivity contribution in [2.75, 3.05) is 6.54 Å². The number of aromatic nitrogens is 1. The van der Waals surface area contributed by atoms with Gasteiger partial charge in [-0.3, -0.25) is 14.5 Å².